The zero-order chi connectivity index (χ0) is 19.6. The summed E-state index contributed by atoms with van der Waals surface area (Å²) in [5, 5.41) is 1.42. The van der Waals surface area contributed by atoms with Crippen LogP contribution in [0.1, 0.15) is 16.9 Å². The highest BCUT2D eigenvalue weighted by Crippen LogP contribution is 2.34. The number of anilines is 1. The first-order valence-electron chi connectivity index (χ1n) is 8.60. The summed E-state index contributed by atoms with van der Waals surface area (Å²) in [6.45, 7) is 3.49. The predicted molar refractivity (Wildman–Crippen MR) is 118 cm³/mol. The van der Waals surface area contributed by atoms with E-state index in [-0.39, 0.29) is 5.91 Å². The lowest BCUT2D eigenvalue weighted by molar-refractivity contribution is -0.118. The molecule has 27 heavy (non-hydrogen) atoms. The molecule has 2 aromatic heterocycles. The lowest BCUT2D eigenvalue weighted by Gasteiger charge is -2.20. The second-order valence-corrected chi connectivity index (χ2v) is 9.82. The Morgan fingerprint density at radius 2 is 1.89 bits per heavy atom. The Morgan fingerprint density at radius 3 is 2.56 bits per heavy atom. The van der Waals surface area contributed by atoms with Crippen LogP contribution in [0, 0.1) is 6.92 Å². The van der Waals surface area contributed by atoms with Gasteiger partial charge < -0.3 is 4.90 Å². The van der Waals surface area contributed by atoms with Crippen molar-refractivity contribution in [1.82, 2.24) is 9.88 Å². The van der Waals surface area contributed by atoms with E-state index in [1.54, 1.807) is 4.90 Å². The Morgan fingerprint density at radius 1 is 1.11 bits per heavy atom. The first-order chi connectivity index (χ1) is 12.8. The van der Waals surface area contributed by atoms with Crippen LogP contribution in [0.25, 0.3) is 10.2 Å². The minimum atomic E-state index is 0.0371. The van der Waals surface area contributed by atoms with Gasteiger partial charge in [-0.2, -0.15) is 0 Å². The molecule has 4 nitrogen and oxygen atoms in total. The van der Waals surface area contributed by atoms with E-state index in [2.05, 4.69) is 4.90 Å². The number of carbonyl (C=O) groups is 1. The molecule has 0 atom stereocenters. The molecule has 0 aliphatic rings. The Balaban J connectivity index is 1.88. The highest BCUT2D eigenvalue weighted by molar-refractivity contribution is 7.22. The van der Waals surface area contributed by atoms with Gasteiger partial charge in [0.1, 0.15) is 0 Å². The minimum absolute atomic E-state index is 0.0371. The standard InChI is InChI=1S/C19H21Cl2N3OS2/c1-12-14(20)6-7-15-18(12)22-19(27-15)24(10-4-9-23(2)3)17(25)11-13-5-8-16(21)26-13/h5-8H,4,9-11H2,1-3H3. The number of thiophene rings is 1. The van der Waals surface area contributed by atoms with Crippen molar-refractivity contribution in [3.8, 4) is 0 Å². The van der Waals surface area contributed by atoms with E-state index < -0.39 is 0 Å². The summed E-state index contributed by atoms with van der Waals surface area (Å²) in [6, 6.07) is 7.58. The van der Waals surface area contributed by atoms with Crippen LogP contribution in [0.15, 0.2) is 24.3 Å². The van der Waals surface area contributed by atoms with Crippen molar-refractivity contribution in [3.63, 3.8) is 0 Å². The van der Waals surface area contributed by atoms with Crippen molar-refractivity contribution < 1.29 is 4.79 Å². The second-order valence-electron chi connectivity index (χ2n) is 6.60. The van der Waals surface area contributed by atoms with Crippen LogP contribution in [0.5, 0.6) is 0 Å². The van der Waals surface area contributed by atoms with Gasteiger partial charge in [0, 0.05) is 16.4 Å². The highest BCUT2D eigenvalue weighted by atomic mass is 35.5. The van der Waals surface area contributed by atoms with Gasteiger partial charge in [0.2, 0.25) is 5.91 Å². The average molecular weight is 442 g/mol. The molecule has 0 aliphatic heterocycles. The summed E-state index contributed by atoms with van der Waals surface area (Å²) >= 11 is 15.2. The first-order valence-corrected chi connectivity index (χ1v) is 11.0. The Labute approximate surface area is 177 Å². The van der Waals surface area contributed by atoms with Crippen LogP contribution in [0.4, 0.5) is 5.13 Å². The van der Waals surface area contributed by atoms with Crippen molar-refractivity contribution in [1.29, 1.82) is 0 Å². The minimum Gasteiger partial charge on any atom is -0.309 e. The van der Waals surface area contributed by atoms with Crippen molar-refractivity contribution in [2.75, 3.05) is 32.1 Å². The third-order valence-corrected chi connectivity index (χ3v) is 6.89. The van der Waals surface area contributed by atoms with E-state index in [1.165, 1.54) is 22.7 Å². The van der Waals surface area contributed by atoms with Crippen LogP contribution in [0.2, 0.25) is 9.36 Å². The summed E-state index contributed by atoms with van der Waals surface area (Å²) in [6.07, 6.45) is 1.20. The second kappa shape index (κ2) is 8.88. The van der Waals surface area contributed by atoms with E-state index in [1.807, 2.05) is 45.3 Å². The third-order valence-electron chi connectivity index (χ3n) is 4.21. The molecule has 0 N–H and O–H groups in total. The molecule has 1 aromatic carbocycles. The quantitative estimate of drug-likeness (QED) is 0.485. The molecule has 0 bridgehead atoms. The molecule has 0 aliphatic carbocycles. The van der Waals surface area contributed by atoms with Gasteiger partial charge in [-0.05, 0) is 63.8 Å². The summed E-state index contributed by atoms with van der Waals surface area (Å²) in [5.74, 6) is 0.0371. The maximum atomic E-state index is 13.0. The SMILES string of the molecule is Cc1c(Cl)ccc2sc(N(CCCN(C)C)C(=O)Cc3ccc(Cl)s3)nc12. The van der Waals surface area contributed by atoms with Gasteiger partial charge in [-0.25, -0.2) is 4.98 Å². The smallest absolute Gasteiger partial charge is 0.234 e. The molecule has 0 fully saturated rings. The molecular formula is C19H21Cl2N3OS2. The van der Waals surface area contributed by atoms with Crippen LogP contribution in [-0.4, -0.2) is 43.0 Å². The third kappa shape index (κ3) is 5.00. The van der Waals surface area contributed by atoms with Crippen LogP contribution in [0.3, 0.4) is 0 Å². The molecule has 0 radical (unpaired) electrons. The van der Waals surface area contributed by atoms with E-state index in [0.717, 1.165) is 38.8 Å². The topological polar surface area (TPSA) is 36.4 Å². The number of hydrogen-bond donors (Lipinski definition) is 0. The summed E-state index contributed by atoms with van der Waals surface area (Å²) in [4.78, 5) is 22.7. The number of aryl methyl sites for hydroxylation is 1. The normalized spacial score (nSPS) is 11.5. The van der Waals surface area contributed by atoms with E-state index >= 15 is 0 Å². The number of benzene rings is 1. The molecule has 0 unspecified atom stereocenters. The van der Waals surface area contributed by atoms with Gasteiger partial charge in [0.25, 0.3) is 0 Å². The van der Waals surface area contributed by atoms with Gasteiger partial charge in [-0.1, -0.05) is 34.5 Å². The Kier molecular flexibility index (Phi) is 6.76. The lowest BCUT2D eigenvalue weighted by Crippen LogP contribution is -2.34. The molecule has 144 valence electrons. The fourth-order valence-corrected chi connectivity index (χ4v) is 5.07. The molecular weight excluding hydrogens is 421 g/mol. The first kappa shape index (κ1) is 20.6. The number of halogens is 2. The molecule has 8 heteroatoms. The number of hydrogen-bond acceptors (Lipinski definition) is 5. The maximum Gasteiger partial charge on any atom is 0.234 e. The van der Waals surface area contributed by atoms with Crippen molar-refractivity contribution in [2.24, 2.45) is 0 Å². The van der Waals surface area contributed by atoms with Gasteiger partial charge in [0.05, 0.1) is 21.0 Å². The van der Waals surface area contributed by atoms with Crippen molar-refractivity contribution in [2.45, 2.75) is 19.8 Å². The van der Waals surface area contributed by atoms with Crippen molar-refractivity contribution in [3.05, 3.63) is 44.1 Å². The molecule has 3 rings (SSSR count). The zero-order valence-electron chi connectivity index (χ0n) is 15.5. The number of fused-ring (bicyclic) bond motifs is 1. The largest absolute Gasteiger partial charge is 0.309 e. The van der Waals surface area contributed by atoms with Crippen LogP contribution >= 0.6 is 45.9 Å². The lowest BCUT2D eigenvalue weighted by atomic mass is 10.2. The van der Waals surface area contributed by atoms with Gasteiger partial charge >= 0.3 is 0 Å². The highest BCUT2D eigenvalue weighted by Gasteiger charge is 2.21. The zero-order valence-corrected chi connectivity index (χ0v) is 18.6. The molecule has 2 heterocycles. The van der Waals surface area contributed by atoms with Crippen LogP contribution < -0.4 is 4.90 Å². The number of carbonyl (C=O) groups excluding carboxylic acids is 1. The molecule has 0 saturated heterocycles. The molecule has 1 amide bonds. The van der Waals surface area contributed by atoms with Gasteiger partial charge in [0.15, 0.2) is 5.13 Å². The Bertz CT molecular complexity index is 952. The van der Waals surface area contributed by atoms with Crippen molar-refractivity contribution >= 4 is 67.1 Å². The van der Waals surface area contributed by atoms with E-state index in [9.17, 15) is 4.79 Å². The number of aromatic nitrogens is 1. The van der Waals surface area contributed by atoms with E-state index in [4.69, 9.17) is 28.2 Å². The summed E-state index contributed by atoms with van der Waals surface area (Å²) < 4.78 is 1.73. The Hall–Kier alpha value is -1.18. The molecule has 0 saturated carbocycles. The van der Waals surface area contributed by atoms with Crippen LogP contribution in [-0.2, 0) is 11.2 Å². The number of nitrogens with zero attached hydrogens (tertiary/aromatic N) is 3. The number of thiazole rings is 1. The predicted octanol–water partition coefficient (Wildman–Crippen LogP) is 5.50. The average Bonchev–Trinajstić information content (AvgIpc) is 3.21. The fraction of sp³-hybridized carbons (Fsp3) is 0.368. The maximum absolute atomic E-state index is 13.0. The summed E-state index contributed by atoms with van der Waals surface area (Å²) in [7, 11) is 4.06. The molecule has 0 spiro atoms. The monoisotopic (exact) mass is 441 g/mol. The number of amides is 1. The summed E-state index contributed by atoms with van der Waals surface area (Å²) in [5.41, 5.74) is 1.81. The molecule has 3 aromatic rings. The van der Waals surface area contributed by atoms with E-state index in [0.29, 0.717) is 22.3 Å². The fourth-order valence-electron chi connectivity index (χ4n) is 2.77. The van der Waals surface area contributed by atoms with Gasteiger partial charge in [-0.3, -0.25) is 9.69 Å². The number of rotatable bonds is 7. The van der Waals surface area contributed by atoms with Gasteiger partial charge in [-0.15, -0.1) is 11.3 Å².